The Morgan fingerprint density at radius 1 is 1.03 bits per heavy atom. The van der Waals surface area contributed by atoms with E-state index in [0.29, 0.717) is 47.4 Å². The van der Waals surface area contributed by atoms with Gasteiger partial charge in [0.05, 0.1) is 32.8 Å². The highest BCUT2D eigenvalue weighted by molar-refractivity contribution is 7.80. The number of ether oxygens (including phenoxy) is 3. The molecule has 1 N–H and O–H groups in total. The second kappa shape index (κ2) is 12.3. The highest BCUT2D eigenvalue weighted by atomic mass is 32.1. The fourth-order valence-electron chi connectivity index (χ4n) is 4.01. The Kier molecular flexibility index (Phi) is 9.24. The number of hydrogen-bond donors (Lipinski definition) is 1. The van der Waals surface area contributed by atoms with E-state index in [1.165, 1.54) is 4.90 Å². The van der Waals surface area contributed by atoms with Crippen LogP contribution in [0.2, 0.25) is 0 Å². The van der Waals surface area contributed by atoms with Crippen molar-refractivity contribution in [2.75, 3.05) is 39.2 Å². The summed E-state index contributed by atoms with van der Waals surface area (Å²) >= 11 is 5.57. The minimum atomic E-state index is -0.698. The van der Waals surface area contributed by atoms with Crippen LogP contribution in [-0.4, -0.2) is 72.7 Å². The molecule has 2 amide bonds. The average Bonchev–Trinajstić information content (AvgIpc) is 3.10. The molecule has 10 heteroatoms. The summed E-state index contributed by atoms with van der Waals surface area (Å²) in [7, 11) is 3.16. The lowest BCUT2D eigenvalue weighted by Gasteiger charge is -2.24. The predicted molar refractivity (Wildman–Crippen MR) is 139 cm³/mol. The second-order valence-electron chi connectivity index (χ2n) is 8.06. The summed E-state index contributed by atoms with van der Waals surface area (Å²) in [5, 5.41) is 3.21. The Bertz CT molecular complexity index is 1120. The van der Waals surface area contributed by atoms with Crippen LogP contribution >= 0.6 is 12.2 Å². The molecule has 0 saturated carbocycles. The van der Waals surface area contributed by atoms with Crippen molar-refractivity contribution < 1.29 is 28.6 Å². The van der Waals surface area contributed by atoms with Crippen molar-refractivity contribution in [1.29, 1.82) is 0 Å². The quantitative estimate of drug-likeness (QED) is 0.361. The Balaban J connectivity index is 1.68. The largest absolute Gasteiger partial charge is 0.493 e. The summed E-state index contributed by atoms with van der Waals surface area (Å²) in [6.07, 6.45) is 0.541. The number of likely N-dealkylation sites (N-methyl/N-ethyl adjacent to an activating group) is 1. The van der Waals surface area contributed by atoms with Crippen molar-refractivity contribution >= 4 is 40.8 Å². The van der Waals surface area contributed by atoms with Gasteiger partial charge in [0, 0.05) is 18.8 Å². The molecule has 3 rings (SSSR count). The second-order valence-corrected chi connectivity index (χ2v) is 8.43. The Hall–Kier alpha value is -3.66. The van der Waals surface area contributed by atoms with Crippen molar-refractivity contribution in [3.05, 3.63) is 53.6 Å². The van der Waals surface area contributed by atoms with Gasteiger partial charge >= 0.3 is 5.97 Å². The first-order valence-electron chi connectivity index (χ1n) is 11.7. The fraction of sp³-hybridized carbons (Fsp3) is 0.385. The zero-order chi connectivity index (χ0) is 26.2. The standard InChI is InChI=1S/C26H31N3O6S/c1-5-28-24(31)20(16-23(30)27-19-10-8-18(9-11-19)25(32)35-6-2)29(26(28)36)14-13-17-7-12-21(33-3)22(15-17)34-4/h7-12,15,20H,5-6,13-14,16H2,1-4H3,(H,27,30). The molecule has 0 bridgehead atoms. The van der Waals surface area contributed by atoms with Crippen molar-refractivity contribution in [3.8, 4) is 11.5 Å². The maximum Gasteiger partial charge on any atom is 0.338 e. The third-order valence-corrected chi connectivity index (χ3v) is 6.32. The van der Waals surface area contributed by atoms with E-state index in [2.05, 4.69) is 5.32 Å². The molecule has 1 saturated heterocycles. The van der Waals surface area contributed by atoms with E-state index in [4.69, 9.17) is 26.4 Å². The number of carbonyl (C=O) groups is 3. The van der Waals surface area contributed by atoms with Crippen LogP contribution in [0, 0.1) is 0 Å². The number of anilines is 1. The minimum Gasteiger partial charge on any atom is -0.493 e. The lowest BCUT2D eigenvalue weighted by atomic mass is 10.1. The molecule has 1 unspecified atom stereocenters. The average molecular weight is 514 g/mol. The summed E-state index contributed by atoms with van der Waals surface area (Å²) in [6, 6.07) is 11.4. The molecule has 1 atom stereocenters. The van der Waals surface area contributed by atoms with Crippen molar-refractivity contribution in [2.24, 2.45) is 0 Å². The third kappa shape index (κ3) is 6.12. The van der Waals surface area contributed by atoms with Crippen LogP contribution in [-0.2, 0) is 20.7 Å². The first-order valence-corrected chi connectivity index (χ1v) is 12.1. The van der Waals surface area contributed by atoms with Gasteiger partial charge in [-0.1, -0.05) is 6.07 Å². The smallest absolute Gasteiger partial charge is 0.338 e. The van der Waals surface area contributed by atoms with E-state index in [0.717, 1.165) is 5.56 Å². The molecular weight excluding hydrogens is 482 g/mol. The highest BCUT2D eigenvalue weighted by Gasteiger charge is 2.42. The molecule has 0 radical (unpaired) electrons. The van der Waals surface area contributed by atoms with Gasteiger partial charge in [0.2, 0.25) is 5.91 Å². The molecule has 1 aliphatic rings. The number of esters is 1. The first kappa shape index (κ1) is 26.9. The minimum absolute atomic E-state index is 0.0545. The maximum atomic E-state index is 13.1. The molecule has 1 aliphatic heterocycles. The number of rotatable bonds is 11. The number of amides is 2. The van der Waals surface area contributed by atoms with Crippen LogP contribution in [0.5, 0.6) is 11.5 Å². The Morgan fingerprint density at radius 2 is 1.72 bits per heavy atom. The molecule has 1 fully saturated rings. The number of methoxy groups -OCH3 is 2. The Morgan fingerprint density at radius 3 is 2.33 bits per heavy atom. The highest BCUT2D eigenvalue weighted by Crippen LogP contribution is 2.28. The maximum absolute atomic E-state index is 13.1. The van der Waals surface area contributed by atoms with Crippen LogP contribution in [0.1, 0.15) is 36.2 Å². The summed E-state index contributed by atoms with van der Waals surface area (Å²) in [4.78, 5) is 41.0. The molecule has 2 aromatic carbocycles. The van der Waals surface area contributed by atoms with Gasteiger partial charge in [-0.25, -0.2) is 4.79 Å². The Labute approximate surface area is 216 Å². The first-order chi connectivity index (χ1) is 17.3. The molecule has 0 aliphatic carbocycles. The van der Waals surface area contributed by atoms with E-state index in [-0.39, 0.29) is 24.8 Å². The summed E-state index contributed by atoms with van der Waals surface area (Å²) in [5.41, 5.74) is 1.90. The van der Waals surface area contributed by atoms with Gasteiger partial charge in [-0.15, -0.1) is 0 Å². The number of nitrogens with one attached hydrogen (secondary N) is 1. The summed E-state index contributed by atoms with van der Waals surface area (Å²) < 4.78 is 15.6. The SMILES string of the molecule is CCOC(=O)c1ccc(NC(=O)CC2C(=O)N(CC)C(=S)N2CCc2ccc(OC)c(OC)c2)cc1. The van der Waals surface area contributed by atoms with E-state index >= 15 is 0 Å². The molecule has 36 heavy (non-hydrogen) atoms. The molecule has 1 heterocycles. The topological polar surface area (TPSA) is 97.4 Å². The summed E-state index contributed by atoms with van der Waals surface area (Å²) in [6.45, 7) is 4.76. The van der Waals surface area contributed by atoms with Crippen molar-refractivity contribution in [2.45, 2.75) is 32.7 Å². The van der Waals surface area contributed by atoms with E-state index in [1.807, 2.05) is 25.1 Å². The predicted octanol–water partition coefficient (Wildman–Crippen LogP) is 3.27. The number of carbonyl (C=O) groups excluding carboxylic acids is 3. The lowest BCUT2D eigenvalue weighted by molar-refractivity contribution is -0.130. The third-order valence-electron chi connectivity index (χ3n) is 5.87. The van der Waals surface area contributed by atoms with Gasteiger partial charge in [0.15, 0.2) is 16.6 Å². The molecule has 0 spiro atoms. The van der Waals surface area contributed by atoms with Crippen LogP contribution in [0.15, 0.2) is 42.5 Å². The molecule has 2 aromatic rings. The number of nitrogens with zero attached hydrogens (tertiary/aromatic N) is 2. The summed E-state index contributed by atoms with van der Waals surface area (Å²) in [5.74, 6) is 0.312. The van der Waals surface area contributed by atoms with Gasteiger partial charge in [-0.3, -0.25) is 14.5 Å². The monoisotopic (exact) mass is 513 g/mol. The number of hydrogen-bond acceptors (Lipinski definition) is 7. The lowest BCUT2D eigenvalue weighted by Crippen LogP contribution is -2.39. The van der Waals surface area contributed by atoms with Crippen LogP contribution in [0.3, 0.4) is 0 Å². The molecule has 0 aromatic heterocycles. The molecule has 192 valence electrons. The van der Waals surface area contributed by atoms with E-state index in [9.17, 15) is 14.4 Å². The van der Waals surface area contributed by atoms with E-state index < -0.39 is 12.0 Å². The van der Waals surface area contributed by atoms with Gasteiger partial charge in [0.1, 0.15) is 6.04 Å². The van der Waals surface area contributed by atoms with Gasteiger partial charge < -0.3 is 24.4 Å². The number of benzene rings is 2. The van der Waals surface area contributed by atoms with Crippen molar-refractivity contribution in [3.63, 3.8) is 0 Å². The normalized spacial score (nSPS) is 15.2. The van der Waals surface area contributed by atoms with Crippen molar-refractivity contribution in [1.82, 2.24) is 9.80 Å². The van der Waals surface area contributed by atoms with Gasteiger partial charge in [0.25, 0.3) is 5.91 Å². The molecule has 9 nitrogen and oxygen atoms in total. The van der Waals surface area contributed by atoms with Crippen LogP contribution in [0.25, 0.3) is 0 Å². The zero-order valence-electron chi connectivity index (χ0n) is 20.9. The number of thiocarbonyl (C=S) groups is 1. The van der Waals surface area contributed by atoms with Gasteiger partial charge in [-0.05, 0) is 74.4 Å². The van der Waals surface area contributed by atoms with E-state index in [1.54, 1.807) is 50.3 Å². The molecular formula is C26H31N3O6S. The zero-order valence-corrected chi connectivity index (χ0v) is 21.7. The van der Waals surface area contributed by atoms with Gasteiger partial charge in [-0.2, -0.15) is 0 Å². The van der Waals surface area contributed by atoms with Crippen LogP contribution < -0.4 is 14.8 Å². The fourth-order valence-corrected chi connectivity index (χ4v) is 4.45. The van der Waals surface area contributed by atoms with Crippen LogP contribution in [0.4, 0.5) is 5.69 Å².